The zero-order valence-electron chi connectivity index (χ0n) is 10.5. The summed E-state index contributed by atoms with van der Waals surface area (Å²) < 4.78 is 18.6. The molecule has 2 nitrogen and oxygen atoms in total. The molecule has 1 aromatic carbocycles. The lowest BCUT2D eigenvalue weighted by Crippen LogP contribution is -2.42. The van der Waals surface area contributed by atoms with E-state index in [0.29, 0.717) is 6.42 Å². The van der Waals surface area contributed by atoms with Crippen molar-refractivity contribution in [1.82, 2.24) is 0 Å². The summed E-state index contributed by atoms with van der Waals surface area (Å²) in [6, 6.07) is 4.56. The van der Waals surface area contributed by atoms with E-state index in [1.54, 1.807) is 19.2 Å². The standard InChI is InChI=1S/C14H18ClFO2/c1-18-14(6-2-3-7-14)13(17)9-10-4-5-12(16)11(15)8-10/h4-5,8,13,17H,2-3,6-7,9H2,1H3. The number of hydrogen-bond donors (Lipinski definition) is 1. The molecular formula is C14H18ClFO2. The number of methoxy groups -OCH3 is 1. The van der Waals surface area contributed by atoms with Crippen molar-refractivity contribution in [2.45, 2.75) is 43.8 Å². The van der Waals surface area contributed by atoms with E-state index >= 15 is 0 Å². The molecule has 0 spiro atoms. The van der Waals surface area contributed by atoms with Gasteiger partial charge in [0, 0.05) is 13.5 Å². The first-order valence-corrected chi connectivity index (χ1v) is 6.62. The van der Waals surface area contributed by atoms with Crippen LogP contribution in [-0.2, 0) is 11.2 Å². The van der Waals surface area contributed by atoms with E-state index in [-0.39, 0.29) is 5.02 Å². The Hall–Kier alpha value is -0.640. The predicted molar refractivity (Wildman–Crippen MR) is 69.3 cm³/mol. The van der Waals surface area contributed by atoms with Gasteiger partial charge in [-0.15, -0.1) is 0 Å². The molecule has 0 amide bonds. The topological polar surface area (TPSA) is 29.5 Å². The highest BCUT2D eigenvalue weighted by Crippen LogP contribution is 2.37. The van der Waals surface area contributed by atoms with E-state index in [4.69, 9.17) is 16.3 Å². The lowest BCUT2D eigenvalue weighted by atomic mass is 9.90. The van der Waals surface area contributed by atoms with Gasteiger partial charge in [-0.25, -0.2) is 4.39 Å². The number of aliphatic hydroxyl groups excluding tert-OH is 1. The zero-order valence-corrected chi connectivity index (χ0v) is 11.2. The summed E-state index contributed by atoms with van der Waals surface area (Å²) in [6.45, 7) is 0. The molecule has 1 aromatic rings. The lowest BCUT2D eigenvalue weighted by molar-refractivity contribution is -0.0971. The zero-order chi connectivity index (χ0) is 13.2. The van der Waals surface area contributed by atoms with E-state index in [1.165, 1.54) is 6.07 Å². The van der Waals surface area contributed by atoms with Gasteiger partial charge in [0.2, 0.25) is 0 Å². The molecule has 1 aliphatic rings. The molecule has 1 saturated carbocycles. The highest BCUT2D eigenvalue weighted by atomic mass is 35.5. The first-order chi connectivity index (χ1) is 8.57. The van der Waals surface area contributed by atoms with Gasteiger partial charge in [0.25, 0.3) is 0 Å². The van der Waals surface area contributed by atoms with Crippen molar-refractivity contribution in [3.05, 3.63) is 34.6 Å². The van der Waals surface area contributed by atoms with Crippen LogP contribution in [0.3, 0.4) is 0 Å². The van der Waals surface area contributed by atoms with E-state index in [2.05, 4.69) is 0 Å². The molecule has 0 aliphatic heterocycles. The van der Waals surface area contributed by atoms with Gasteiger partial charge in [0.05, 0.1) is 16.7 Å². The quantitative estimate of drug-likeness (QED) is 0.911. The van der Waals surface area contributed by atoms with Crippen molar-refractivity contribution in [3.8, 4) is 0 Å². The molecule has 1 atom stereocenters. The largest absolute Gasteiger partial charge is 0.390 e. The van der Waals surface area contributed by atoms with Gasteiger partial charge in [-0.2, -0.15) is 0 Å². The minimum atomic E-state index is -0.577. The molecular weight excluding hydrogens is 255 g/mol. The van der Waals surface area contributed by atoms with Crippen LogP contribution in [0.1, 0.15) is 31.2 Å². The summed E-state index contributed by atoms with van der Waals surface area (Å²) in [4.78, 5) is 0. The average Bonchev–Trinajstić information content (AvgIpc) is 2.84. The predicted octanol–water partition coefficient (Wildman–Crippen LogP) is 3.34. The number of benzene rings is 1. The number of rotatable bonds is 4. The van der Waals surface area contributed by atoms with Crippen LogP contribution in [0.4, 0.5) is 4.39 Å². The van der Waals surface area contributed by atoms with Gasteiger partial charge >= 0.3 is 0 Å². The summed E-state index contributed by atoms with van der Waals surface area (Å²) in [6.07, 6.45) is 3.77. The fraction of sp³-hybridized carbons (Fsp3) is 0.571. The third-order valence-electron chi connectivity index (χ3n) is 3.88. The molecule has 4 heteroatoms. The number of aliphatic hydroxyl groups is 1. The molecule has 1 unspecified atom stereocenters. The minimum Gasteiger partial charge on any atom is -0.390 e. The Morgan fingerprint density at radius 1 is 1.44 bits per heavy atom. The van der Waals surface area contributed by atoms with Gasteiger partial charge in [-0.3, -0.25) is 0 Å². The first-order valence-electron chi connectivity index (χ1n) is 6.24. The molecule has 0 saturated heterocycles. The van der Waals surface area contributed by atoms with Crippen LogP contribution < -0.4 is 0 Å². The lowest BCUT2D eigenvalue weighted by Gasteiger charge is -2.33. The molecule has 0 aromatic heterocycles. The van der Waals surface area contributed by atoms with Gasteiger partial charge in [0.15, 0.2) is 0 Å². The van der Waals surface area contributed by atoms with Crippen molar-refractivity contribution in [3.63, 3.8) is 0 Å². The third-order valence-corrected chi connectivity index (χ3v) is 4.17. The third kappa shape index (κ3) is 2.68. The van der Waals surface area contributed by atoms with Gasteiger partial charge in [0.1, 0.15) is 5.82 Å². The summed E-state index contributed by atoms with van der Waals surface area (Å²) in [5.74, 6) is -0.433. The minimum absolute atomic E-state index is 0.0950. The Morgan fingerprint density at radius 2 is 2.11 bits per heavy atom. The molecule has 1 aliphatic carbocycles. The molecule has 1 N–H and O–H groups in total. The molecule has 0 heterocycles. The number of halogens is 2. The molecule has 18 heavy (non-hydrogen) atoms. The Labute approximate surface area is 112 Å². The second-order valence-corrected chi connectivity index (χ2v) is 5.35. The van der Waals surface area contributed by atoms with Crippen LogP contribution in [0.5, 0.6) is 0 Å². The second-order valence-electron chi connectivity index (χ2n) is 4.94. The average molecular weight is 273 g/mol. The summed E-state index contributed by atoms with van der Waals surface area (Å²) in [5.41, 5.74) is 0.387. The van der Waals surface area contributed by atoms with Crippen LogP contribution in [0.25, 0.3) is 0 Å². The van der Waals surface area contributed by atoms with Crippen LogP contribution in [-0.4, -0.2) is 23.9 Å². The second kappa shape index (κ2) is 5.55. The highest BCUT2D eigenvalue weighted by molar-refractivity contribution is 6.30. The summed E-state index contributed by atoms with van der Waals surface area (Å²) in [7, 11) is 1.65. The van der Waals surface area contributed by atoms with Crippen LogP contribution in [0.15, 0.2) is 18.2 Å². The number of ether oxygens (including phenoxy) is 1. The van der Waals surface area contributed by atoms with Gasteiger partial charge in [-0.1, -0.05) is 30.5 Å². The van der Waals surface area contributed by atoms with Crippen LogP contribution in [0, 0.1) is 5.82 Å². The van der Waals surface area contributed by atoms with Crippen LogP contribution in [0.2, 0.25) is 5.02 Å². The monoisotopic (exact) mass is 272 g/mol. The molecule has 0 bridgehead atoms. The van der Waals surface area contributed by atoms with Crippen molar-refractivity contribution >= 4 is 11.6 Å². The van der Waals surface area contributed by atoms with Crippen molar-refractivity contribution in [2.75, 3.05) is 7.11 Å². The Morgan fingerprint density at radius 3 is 2.67 bits per heavy atom. The van der Waals surface area contributed by atoms with Crippen molar-refractivity contribution in [1.29, 1.82) is 0 Å². The maximum Gasteiger partial charge on any atom is 0.141 e. The highest BCUT2D eigenvalue weighted by Gasteiger charge is 2.40. The fourth-order valence-corrected chi connectivity index (χ4v) is 2.93. The Bertz CT molecular complexity index is 416. The van der Waals surface area contributed by atoms with E-state index in [9.17, 15) is 9.50 Å². The molecule has 1 fully saturated rings. The normalized spacial score (nSPS) is 20.0. The van der Waals surface area contributed by atoms with E-state index in [1.807, 2.05) is 0 Å². The maximum atomic E-state index is 13.1. The molecule has 2 rings (SSSR count). The Balaban J connectivity index is 2.10. The SMILES string of the molecule is COC1(C(O)Cc2ccc(F)c(Cl)c2)CCCC1. The fourth-order valence-electron chi connectivity index (χ4n) is 2.72. The summed E-state index contributed by atoms with van der Waals surface area (Å²) >= 11 is 5.74. The molecule has 100 valence electrons. The smallest absolute Gasteiger partial charge is 0.141 e. The molecule has 0 radical (unpaired) electrons. The van der Waals surface area contributed by atoms with Gasteiger partial charge < -0.3 is 9.84 Å². The van der Waals surface area contributed by atoms with E-state index < -0.39 is 17.5 Å². The van der Waals surface area contributed by atoms with Gasteiger partial charge in [-0.05, 0) is 30.5 Å². The van der Waals surface area contributed by atoms with Crippen molar-refractivity contribution < 1.29 is 14.2 Å². The maximum absolute atomic E-state index is 13.1. The van der Waals surface area contributed by atoms with Crippen LogP contribution >= 0.6 is 11.6 Å². The Kier molecular flexibility index (Phi) is 4.25. The number of hydrogen-bond acceptors (Lipinski definition) is 2. The van der Waals surface area contributed by atoms with Crippen molar-refractivity contribution in [2.24, 2.45) is 0 Å². The first kappa shape index (κ1) is 13.8. The summed E-state index contributed by atoms with van der Waals surface area (Å²) in [5, 5.41) is 10.4. The van der Waals surface area contributed by atoms with E-state index in [0.717, 1.165) is 31.2 Å².